The third kappa shape index (κ3) is 2.97. The Morgan fingerprint density at radius 3 is 2.90 bits per heavy atom. The molecule has 2 rings (SSSR count). The van der Waals surface area contributed by atoms with Crippen molar-refractivity contribution in [1.82, 2.24) is 10.3 Å². The molecule has 106 valence electrons. The number of nitrogens with one attached hydrogen (secondary N) is 2. The average molecular weight is 291 g/mol. The number of anilines is 1. The second-order valence-corrected chi connectivity index (χ2v) is 5.35. The molecule has 1 heterocycles. The summed E-state index contributed by atoms with van der Waals surface area (Å²) in [6, 6.07) is 5.02. The Kier molecular flexibility index (Phi) is 4.36. The summed E-state index contributed by atoms with van der Waals surface area (Å²) in [5.74, 6) is -0.155. The van der Waals surface area contributed by atoms with E-state index >= 15 is 0 Å². The Labute approximate surface area is 121 Å². The van der Waals surface area contributed by atoms with Crippen LogP contribution in [0.25, 0.3) is 0 Å². The van der Waals surface area contributed by atoms with Crippen LogP contribution < -0.4 is 10.6 Å². The number of thiazole rings is 1. The largest absolute Gasteiger partial charge is 0.508 e. The molecule has 0 aliphatic carbocycles. The molecule has 0 bridgehead atoms. The summed E-state index contributed by atoms with van der Waals surface area (Å²) in [7, 11) is 1.86. The molecule has 1 aromatic carbocycles. The Balaban J connectivity index is 2.15. The molecule has 0 fully saturated rings. The summed E-state index contributed by atoms with van der Waals surface area (Å²) < 4.78 is 0. The lowest BCUT2D eigenvalue weighted by Crippen LogP contribution is -2.15. The summed E-state index contributed by atoms with van der Waals surface area (Å²) in [6.45, 7) is 3.71. The number of aromatic nitrogens is 1. The number of benzene rings is 1. The van der Waals surface area contributed by atoms with Gasteiger partial charge in [0.25, 0.3) is 5.91 Å². The first-order valence-electron chi connectivity index (χ1n) is 6.25. The molecule has 0 radical (unpaired) electrons. The van der Waals surface area contributed by atoms with Crippen molar-refractivity contribution in [2.45, 2.75) is 19.9 Å². The number of carbonyl (C=O) groups is 1. The molecule has 5 nitrogen and oxygen atoms in total. The first-order valence-corrected chi connectivity index (χ1v) is 7.13. The number of rotatable bonds is 4. The van der Waals surface area contributed by atoms with Crippen LogP contribution >= 0.6 is 11.3 Å². The molecule has 2 aromatic rings. The minimum absolute atomic E-state index is 0.112. The van der Waals surface area contributed by atoms with Gasteiger partial charge in [-0.25, -0.2) is 4.98 Å². The maximum absolute atomic E-state index is 12.2. The molecule has 0 aliphatic heterocycles. The van der Waals surface area contributed by atoms with Crippen molar-refractivity contribution in [3.8, 4) is 5.75 Å². The van der Waals surface area contributed by atoms with Crippen LogP contribution in [0.1, 0.15) is 34.6 Å². The summed E-state index contributed by atoms with van der Waals surface area (Å²) in [5.41, 5.74) is 1.90. The highest BCUT2D eigenvalue weighted by molar-refractivity contribution is 7.14. The maximum atomic E-state index is 12.2. The van der Waals surface area contributed by atoms with E-state index in [0.29, 0.717) is 16.3 Å². The van der Waals surface area contributed by atoms with Crippen LogP contribution in [0.5, 0.6) is 5.75 Å². The minimum Gasteiger partial charge on any atom is -0.508 e. The Bertz CT molecular complexity index is 625. The fraction of sp³-hybridized carbons (Fsp3) is 0.286. The predicted molar refractivity (Wildman–Crippen MR) is 80.4 cm³/mol. The highest BCUT2D eigenvalue weighted by Gasteiger charge is 2.14. The van der Waals surface area contributed by atoms with E-state index in [1.807, 2.05) is 19.4 Å². The zero-order valence-corrected chi connectivity index (χ0v) is 12.4. The van der Waals surface area contributed by atoms with Crippen LogP contribution in [-0.2, 0) is 0 Å². The van der Waals surface area contributed by atoms with Crippen molar-refractivity contribution in [3.05, 3.63) is 40.4 Å². The lowest BCUT2D eigenvalue weighted by molar-refractivity contribution is 0.102. The van der Waals surface area contributed by atoms with Crippen LogP contribution in [0.2, 0.25) is 0 Å². The summed E-state index contributed by atoms with van der Waals surface area (Å²) in [5, 5.41) is 17.9. The molecule has 0 saturated heterocycles. The topological polar surface area (TPSA) is 74.2 Å². The molecule has 1 amide bonds. The Hall–Kier alpha value is -1.92. The van der Waals surface area contributed by atoms with E-state index in [0.717, 1.165) is 5.69 Å². The zero-order chi connectivity index (χ0) is 14.7. The molecule has 1 unspecified atom stereocenters. The SMILES string of the molecule is CNC(C)c1csc(NC(=O)c2cccc(O)c2C)n1. The number of nitrogens with zero attached hydrogens (tertiary/aromatic N) is 1. The van der Waals surface area contributed by atoms with Gasteiger partial charge in [0.05, 0.1) is 5.69 Å². The number of amides is 1. The number of carbonyl (C=O) groups excluding carboxylic acids is 1. The van der Waals surface area contributed by atoms with Gasteiger partial charge in [0.1, 0.15) is 5.75 Å². The second kappa shape index (κ2) is 6.02. The minimum atomic E-state index is -0.267. The molecule has 3 N–H and O–H groups in total. The molecule has 0 aliphatic rings. The number of phenols is 1. The monoisotopic (exact) mass is 291 g/mol. The third-order valence-electron chi connectivity index (χ3n) is 3.17. The van der Waals surface area contributed by atoms with E-state index in [4.69, 9.17) is 0 Å². The predicted octanol–water partition coefficient (Wildman–Crippen LogP) is 2.69. The summed E-state index contributed by atoms with van der Waals surface area (Å²) in [6.07, 6.45) is 0. The van der Waals surface area contributed by atoms with Gasteiger partial charge in [0, 0.05) is 22.5 Å². The van der Waals surface area contributed by atoms with Gasteiger partial charge in [-0.3, -0.25) is 10.1 Å². The van der Waals surface area contributed by atoms with Gasteiger partial charge in [-0.1, -0.05) is 6.07 Å². The molecule has 0 saturated carbocycles. The average Bonchev–Trinajstić information content (AvgIpc) is 2.89. The van der Waals surface area contributed by atoms with E-state index < -0.39 is 0 Å². The lowest BCUT2D eigenvalue weighted by Gasteiger charge is -2.07. The quantitative estimate of drug-likeness (QED) is 0.809. The fourth-order valence-corrected chi connectivity index (χ4v) is 2.52. The van der Waals surface area contributed by atoms with Crippen molar-refractivity contribution in [3.63, 3.8) is 0 Å². The smallest absolute Gasteiger partial charge is 0.257 e. The van der Waals surface area contributed by atoms with Crippen LogP contribution in [0, 0.1) is 6.92 Å². The first-order chi connectivity index (χ1) is 9.52. The molecule has 1 aromatic heterocycles. The second-order valence-electron chi connectivity index (χ2n) is 4.49. The van der Waals surface area contributed by atoms with Crippen molar-refractivity contribution >= 4 is 22.4 Å². The van der Waals surface area contributed by atoms with Crippen LogP contribution in [0.15, 0.2) is 23.6 Å². The van der Waals surface area contributed by atoms with Crippen molar-refractivity contribution in [2.24, 2.45) is 0 Å². The summed E-state index contributed by atoms with van der Waals surface area (Å²) >= 11 is 1.38. The van der Waals surface area contributed by atoms with Crippen molar-refractivity contribution in [1.29, 1.82) is 0 Å². The standard InChI is InChI=1S/C14H17N3O2S/c1-8-10(5-4-6-12(8)18)13(19)17-14-16-11(7-20-14)9(2)15-3/h4-7,9,15,18H,1-3H3,(H,16,17,19). The van der Waals surface area contributed by atoms with E-state index in [-0.39, 0.29) is 17.7 Å². The number of phenolic OH excluding ortho intramolecular Hbond substituents is 1. The van der Waals surface area contributed by atoms with Gasteiger partial charge in [-0.05, 0) is 33.0 Å². The van der Waals surface area contributed by atoms with E-state index in [2.05, 4.69) is 15.6 Å². The van der Waals surface area contributed by atoms with Gasteiger partial charge < -0.3 is 10.4 Å². The van der Waals surface area contributed by atoms with Gasteiger partial charge in [-0.2, -0.15) is 0 Å². The summed E-state index contributed by atoms with van der Waals surface area (Å²) in [4.78, 5) is 16.5. The van der Waals surface area contributed by atoms with E-state index in [1.54, 1.807) is 25.1 Å². The highest BCUT2D eigenvalue weighted by atomic mass is 32.1. The van der Waals surface area contributed by atoms with E-state index in [1.165, 1.54) is 11.3 Å². The normalized spacial score (nSPS) is 12.2. The van der Waals surface area contributed by atoms with E-state index in [9.17, 15) is 9.90 Å². The van der Waals surface area contributed by atoms with Gasteiger partial charge >= 0.3 is 0 Å². The first kappa shape index (κ1) is 14.5. The van der Waals surface area contributed by atoms with Crippen molar-refractivity contribution < 1.29 is 9.90 Å². The third-order valence-corrected chi connectivity index (χ3v) is 3.94. The zero-order valence-electron chi connectivity index (χ0n) is 11.6. The number of hydrogen-bond acceptors (Lipinski definition) is 5. The highest BCUT2D eigenvalue weighted by Crippen LogP contribution is 2.23. The van der Waals surface area contributed by atoms with Crippen LogP contribution in [0.4, 0.5) is 5.13 Å². The maximum Gasteiger partial charge on any atom is 0.257 e. The molecule has 6 heteroatoms. The van der Waals surface area contributed by atoms with Gasteiger partial charge in [0.2, 0.25) is 0 Å². The van der Waals surface area contributed by atoms with Crippen LogP contribution in [-0.4, -0.2) is 23.0 Å². The Morgan fingerprint density at radius 2 is 2.20 bits per heavy atom. The lowest BCUT2D eigenvalue weighted by atomic mass is 10.1. The number of hydrogen-bond donors (Lipinski definition) is 3. The fourth-order valence-electron chi connectivity index (χ4n) is 1.72. The number of aromatic hydroxyl groups is 1. The molecule has 1 atom stereocenters. The Morgan fingerprint density at radius 1 is 1.45 bits per heavy atom. The van der Waals surface area contributed by atoms with Gasteiger partial charge in [-0.15, -0.1) is 11.3 Å². The molecule has 0 spiro atoms. The molecule has 20 heavy (non-hydrogen) atoms. The van der Waals surface area contributed by atoms with Crippen LogP contribution in [0.3, 0.4) is 0 Å². The van der Waals surface area contributed by atoms with Crippen molar-refractivity contribution in [2.75, 3.05) is 12.4 Å². The molecular weight excluding hydrogens is 274 g/mol. The molecular formula is C14H17N3O2S. The van der Waals surface area contributed by atoms with Gasteiger partial charge in [0.15, 0.2) is 5.13 Å².